The third-order valence-corrected chi connectivity index (χ3v) is 4.20. The highest BCUT2D eigenvalue weighted by molar-refractivity contribution is 5.81. The molecule has 3 atom stereocenters. The van der Waals surface area contributed by atoms with Crippen LogP contribution in [0.25, 0.3) is 0 Å². The van der Waals surface area contributed by atoms with Crippen LogP contribution in [0.3, 0.4) is 0 Å². The normalized spacial score (nSPS) is 25.1. The fourth-order valence-electron chi connectivity index (χ4n) is 2.69. The first kappa shape index (κ1) is 15.5. The molecule has 3 unspecified atom stereocenters. The van der Waals surface area contributed by atoms with Gasteiger partial charge in [-0.3, -0.25) is 4.79 Å². The number of rotatable bonds is 8. The van der Waals surface area contributed by atoms with E-state index in [1.54, 1.807) is 0 Å². The fourth-order valence-corrected chi connectivity index (χ4v) is 2.69. The molecule has 0 heterocycles. The van der Waals surface area contributed by atoms with Crippen molar-refractivity contribution in [2.75, 3.05) is 13.1 Å². The first-order chi connectivity index (χ1) is 8.65. The van der Waals surface area contributed by atoms with Gasteiger partial charge < -0.3 is 10.6 Å². The summed E-state index contributed by atoms with van der Waals surface area (Å²) in [4.78, 5) is 11.8. The van der Waals surface area contributed by atoms with Crippen molar-refractivity contribution in [1.82, 2.24) is 10.6 Å². The van der Waals surface area contributed by atoms with Gasteiger partial charge in [0.25, 0.3) is 0 Å². The third-order valence-electron chi connectivity index (χ3n) is 4.20. The van der Waals surface area contributed by atoms with Gasteiger partial charge in [-0.2, -0.15) is 0 Å². The van der Waals surface area contributed by atoms with Crippen LogP contribution in [0.5, 0.6) is 0 Å². The molecule has 1 amide bonds. The van der Waals surface area contributed by atoms with Gasteiger partial charge in [0.1, 0.15) is 0 Å². The zero-order valence-corrected chi connectivity index (χ0v) is 12.3. The zero-order valence-electron chi connectivity index (χ0n) is 12.3. The number of carbonyl (C=O) groups is 1. The van der Waals surface area contributed by atoms with E-state index >= 15 is 0 Å². The van der Waals surface area contributed by atoms with E-state index in [4.69, 9.17) is 0 Å². The Labute approximate surface area is 112 Å². The Morgan fingerprint density at radius 2 is 2.11 bits per heavy atom. The number of hydrogen-bond acceptors (Lipinski definition) is 2. The summed E-state index contributed by atoms with van der Waals surface area (Å²) >= 11 is 0. The lowest BCUT2D eigenvalue weighted by Crippen LogP contribution is -2.44. The molecule has 3 heteroatoms. The molecule has 1 rings (SSSR count). The van der Waals surface area contributed by atoms with Crippen molar-refractivity contribution in [1.29, 1.82) is 0 Å². The number of hydrogen-bond donors (Lipinski definition) is 2. The van der Waals surface area contributed by atoms with E-state index in [2.05, 4.69) is 24.5 Å². The SMILES string of the molecule is CCCCCNC(=O)C(C)NCC1CCCC1C. The number of amides is 1. The maximum Gasteiger partial charge on any atom is 0.236 e. The monoisotopic (exact) mass is 254 g/mol. The van der Waals surface area contributed by atoms with Gasteiger partial charge in [-0.1, -0.05) is 39.5 Å². The van der Waals surface area contributed by atoms with Crippen LogP contribution < -0.4 is 10.6 Å². The minimum absolute atomic E-state index is 0.0561. The maximum absolute atomic E-state index is 11.8. The highest BCUT2D eigenvalue weighted by Crippen LogP contribution is 2.30. The maximum atomic E-state index is 11.8. The summed E-state index contributed by atoms with van der Waals surface area (Å²) in [6.45, 7) is 8.28. The molecule has 0 aliphatic heterocycles. The van der Waals surface area contributed by atoms with E-state index < -0.39 is 0 Å². The second-order valence-electron chi connectivity index (χ2n) is 5.80. The van der Waals surface area contributed by atoms with Crippen molar-refractivity contribution < 1.29 is 4.79 Å². The average Bonchev–Trinajstić information content (AvgIpc) is 2.77. The van der Waals surface area contributed by atoms with E-state index in [1.807, 2.05) is 6.92 Å². The first-order valence-corrected chi connectivity index (χ1v) is 7.66. The second kappa shape index (κ2) is 8.52. The lowest BCUT2D eigenvalue weighted by molar-refractivity contribution is -0.122. The molecule has 2 N–H and O–H groups in total. The molecular weight excluding hydrogens is 224 g/mol. The Bertz CT molecular complexity index is 243. The van der Waals surface area contributed by atoms with Crippen LogP contribution in [0.15, 0.2) is 0 Å². The summed E-state index contributed by atoms with van der Waals surface area (Å²) in [5.41, 5.74) is 0. The predicted molar refractivity (Wildman–Crippen MR) is 76.5 cm³/mol. The average molecular weight is 254 g/mol. The van der Waals surface area contributed by atoms with Gasteiger partial charge in [0.05, 0.1) is 6.04 Å². The van der Waals surface area contributed by atoms with Gasteiger partial charge >= 0.3 is 0 Å². The number of nitrogens with one attached hydrogen (secondary N) is 2. The Morgan fingerprint density at radius 1 is 1.33 bits per heavy atom. The van der Waals surface area contributed by atoms with Crippen LogP contribution >= 0.6 is 0 Å². The van der Waals surface area contributed by atoms with Gasteiger partial charge in [0.15, 0.2) is 0 Å². The molecule has 0 aromatic carbocycles. The molecule has 0 saturated heterocycles. The molecule has 0 spiro atoms. The molecule has 3 nitrogen and oxygen atoms in total. The quantitative estimate of drug-likeness (QED) is 0.654. The molecule has 1 aliphatic rings. The number of unbranched alkanes of at least 4 members (excludes halogenated alkanes) is 2. The van der Waals surface area contributed by atoms with E-state index in [1.165, 1.54) is 32.1 Å². The van der Waals surface area contributed by atoms with Crippen molar-refractivity contribution in [3.63, 3.8) is 0 Å². The van der Waals surface area contributed by atoms with Gasteiger partial charge in [-0.15, -0.1) is 0 Å². The Balaban J connectivity index is 2.11. The number of carbonyl (C=O) groups excluding carboxylic acids is 1. The van der Waals surface area contributed by atoms with Crippen molar-refractivity contribution in [2.45, 2.75) is 65.3 Å². The van der Waals surface area contributed by atoms with E-state index in [-0.39, 0.29) is 11.9 Å². The molecule has 1 saturated carbocycles. The molecule has 0 radical (unpaired) electrons. The van der Waals surface area contributed by atoms with Gasteiger partial charge in [0.2, 0.25) is 5.91 Å². The summed E-state index contributed by atoms with van der Waals surface area (Å²) in [7, 11) is 0. The van der Waals surface area contributed by atoms with E-state index in [0.717, 1.165) is 31.3 Å². The summed E-state index contributed by atoms with van der Waals surface area (Å²) in [6.07, 6.45) is 7.51. The minimum atomic E-state index is -0.0561. The Kier molecular flexibility index (Phi) is 7.33. The fraction of sp³-hybridized carbons (Fsp3) is 0.933. The Morgan fingerprint density at radius 3 is 2.72 bits per heavy atom. The third kappa shape index (κ3) is 5.38. The van der Waals surface area contributed by atoms with Crippen LogP contribution in [-0.4, -0.2) is 25.0 Å². The molecule has 106 valence electrons. The standard InChI is InChI=1S/C15H30N2O/c1-4-5-6-10-16-15(18)13(3)17-11-14-9-7-8-12(14)2/h12-14,17H,4-11H2,1-3H3,(H,16,18). The molecule has 1 fully saturated rings. The summed E-state index contributed by atoms with van der Waals surface area (Å²) in [5, 5.41) is 6.39. The van der Waals surface area contributed by atoms with Gasteiger partial charge in [-0.25, -0.2) is 0 Å². The van der Waals surface area contributed by atoms with Crippen molar-refractivity contribution >= 4 is 5.91 Å². The van der Waals surface area contributed by atoms with E-state index in [9.17, 15) is 4.79 Å². The predicted octanol–water partition coefficient (Wildman–Crippen LogP) is 2.71. The molecule has 0 aromatic rings. The molecule has 1 aliphatic carbocycles. The molecule has 0 bridgehead atoms. The van der Waals surface area contributed by atoms with Gasteiger partial charge in [-0.05, 0) is 38.1 Å². The molecule has 18 heavy (non-hydrogen) atoms. The highest BCUT2D eigenvalue weighted by atomic mass is 16.2. The highest BCUT2D eigenvalue weighted by Gasteiger charge is 2.24. The minimum Gasteiger partial charge on any atom is -0.355 e. The Hall–Kier alpha value is -0.570. The van der Waals surface area contributed by atoms with Crippen LogP contribution in [0.1, 0.15) is 59.3 Å². The van der Waals surface area contributed by atoms with Crippen LogP contribution in [0.2, 0.25) is 0 Å². The summed E-state index contributed by atoms with van der Waals surface area (Å²) in [6, 6.07) is -0.0561. The summed E-state index contributed by atoms with van der Waals surface area (Å²) in [5.74, 6) is 1.73. The summed E-state index contributed by atoms with van der Waals surface area (Å²) < 4.78 is 0. The smallest absolute Gasteiger partial charge is 0.236 e. The topological polar surface area (TPSA) is 41.1 Å². The van der Waals surface area contributed by atoms with E-state index in [0.29, 0.717) is 0 Å². The second-order valence-corrected chi connectivity index (χ2v) is 5.80. The van der Waals surface area contributed by atoms with Crippen molar-refractivity contribution in [2.24, 2.45) is 11.8 Å². The van der Waals surface area contributed by atoms with Crippen molar-refractivity contribution in [3.8, 4) is 0 Å². The zero-order chi connectivity index (χ0) is 13.4. The molecule has 0 aromatic heterocycles. The van der Waals surface area contributed by atoms with Crippen molar-refractivity contribution in [3.05, 3.63) is 0 Å². The first-order valence-electron chi connectivity index (χ1n) is 7.66. The lowest BCUT2D eigenvalue weighted by atomic mass is 9.98. The van der Waals surface area contributed by atoms with Gasteiger partial charge in [0, 0.05) is 6.54 Å². The largest absolute Gasteiger partial charge is 0.355 e. The lowest BCUT2D eigenvalue weighted by Gasteiger charge is -2.19. The molecular formula is C15H30N2O. The van der Waals surface area contributed by atoms with Crippen LogP contribution in [0, 0.1) is 11.8 Å². The van der Waals surface area contributed by atoms with Crippen LogP contribution in [-0.2, 0) is 4.79 Å². The van der Waals surface area contributed by atoms with Crippen LogP contribution in [0.4, 0.5) is 0 Å².